The first-order chi connectivity index (χ1) is 7.59. The SMILES string of the molecule is Cc1ccnc(-c2c[nH]c(=O)c(C)c2)c1C. The van der Waals surface area contributed by atoms with E-state index in [9.17, 15) is 4.79 Å². The molecule has 82 valence electrons. The molecule has 0 aliphatic heterocycles. The minimum absolute atomic E-state index is 0.0472. The van der Waals surface area contributed by atoms with E-state index in [0.29, 0.717) is 5.56 Å². The van der Waals surface area contributed by atoms with E-state index in [1.165, 1.54) is 5.56 Å². The van der Waals surface area contributed by atoms with Gasteiger partial charge < -0.3 is 4.98 Å². The fourth-order valence-electron chi connectivity index (χ4n) is 1.66. The molecule has 0 atom stereocenters. The number of nitrogens with zero attached hydrogens (tertiary/aromatic N) is 1. The van der Waals surface area contributed by atoms with Crippen molar-refractivity contribution in [1.82, 2.24) is 9.97 Å². The van der Waals surface area contributed by atoms with Crippen molar-refractivity contribution >= 4 is 0 Å². The van der Waals surface area contributed by atoms with E-state index in [1.54, 1.807) is 19.3 Å². The topological polar surface area (TPSA) is 45.8 Å². The number of aromatic nitrogens is 2. The largest absolute Gasteiger partial charge is 0.328 e. The van der Waals surface area contributed by atoms with Crippen molar-refractivity contribution in [3.8, 4) is 11.3 Å². The molecule has 0 spiro atoms. The highest BCUT2D eigenvalue weighted by molar-refractivity contribution is 5.63. The fourth-order valence-corrected chi connectivity index (χ4v) is 1.66. The van der Waals surface area contributed by atoms with E-state index in [-0.39, 0.29) is 5.56 Å². The Bertz CT molecular complexity index is 585. The average molecular weight is 214 g/mol. The molecule has 3 nitrogen and oxygen atoms in total. The highest BCUT2D eigenvalue weighted by Crippen LogP contribution is 2.21. The molecular formula is C13H14N2O. The zero-order valence-corrected chi connectivity index (χ0v) is 9.66. The van der Waals surface area contributed by atoms with Gasteiger partial charge in [0.05, 0.1) is 5.69 Å². The molecule has 2 aromatic heterocycles. The molecule has 2 heterocycles. The quantitative estimate of drug-likeness (QED) is 0.792. The number of aromatic amines is 1. The van der Waals surface area contributed by atoms with Crippen LogP contribution in [-0.4, -0.2) is 9.97 Å². The van der Waals surface area contributed by atoms with Gasteiger partial charge >= 0.3 is 0 Å². The first kappa shape index (κ1) is 10.6. The molecule has 0 aliphatic rings. The van der Waals surface area contributed by atoms with Crippen molar-refractivity contribution < 1.29 is 0 Å². The summed E-state index contributed by atoms with van der Waals surface area (Å²) in [5, 5.41) is 0. The van der Waals surface area contributed by atoms with Crippen LogP contribution < -0.4 is 5.56 Å². The van der Waals surface area contributed by atoms with Crippen molar-refractivity contribution in [1.29, 1.82) is 0 Å². The van der Waals surface area contributed by atoms with Gasteiger partial charge in [0.2, 0.25) is 0 Å². The molecule has 0 amide bonds. The molecule has 0 saturated carbocycles. The van der Waals surface area contributed by atoms with Crippen LogP contribution in [-0.2, 0) is 0 Å². The van der Waals surface area contributed by atoms with Crippen LogP contribution in [0.15, 0.2) is 29.3 Å². The molecular weight excluding hydrogens is 200 g/mol. The summed E-state index contributed by atoms with van der Waals surface area (Å²) in [5.74, 6) is 0. The molecule has 0 saturated heterocycles. The molecule has 0 aliphatic carbocycles. The molecule has 0 aromatic carbocycles. The Morgan fingerprint density at radius 2 is 1.94 bits per heavy atom. The average Bonchev–Trinajstić information content (AvgIpc) is 2.26. The van der Waals surface area contributed by atoms with Crippen molar-refractivity contribution in [2.24, 2.45) is 0 Å². The summed E-state index contributed by atoms with van der Waals surface area (Å²) in [6, 6.07) is 3.85. The van der Waals surface area contributed by atoms with E-state index < -0.39 is 0 Å². The molecule has 0 radical (unpaired) electrons. The predicted molar refractivity (Wildman–Crippen MR) is 64.5 cm³/mol. The van der Waals surface area contributed by atoms with Crippen LogP contribution in [0.3, 0.4) is 0 Å². The van der Waals surface area contributed by atoms with Crippen molar-refractivity contribution in [2.45, 2.75) is 20.8 Å². The van der Waals surface area contributed by atoms with Gasteiger partial charge in [-0.05, 0) is 44.0 Å². The van der Waals surface area contributed by atoms with Crippen molar-refractivity contribution in [3.63, 3.8) is 0 Å². The highest BCUT2D eigenvalue weighted by atomic mass is 16.1. The molecule has 0 fully saturated rings. The molecule has 0 unspecified atom stereocenters. The van der Waals surface area contributed by atoms with Gasteiger partial charge in [0, 0.05) is 23.5 Å². The first-order valence-electron chi connectivity index (χ1n) is 5.21. The third-order valence-electron chi connectivity index (χ3n) is 2.84. The Kier molecular flexibility index (Phi) is 2.60. The molecule has 0 bridgehead atoms. The lowest BCUT2D eigenvalue weighted by atomic mass is 10.0. The number of H-pyrrole nitrogens is 1. The second kappa shape index (κ2) is 3.93. The van der Waals surface area contributed by atoms with Gasteiger partial charge in [0.25, 0.3) is 5.56 Å². The van der Waals surface area contributed by atoms with Gasteiger partial charge in [-0.1, -0.05) is 0 Å². The van der Waals surface area contributed by atoms with E-state index in [4.69, 9.17) is 0 Å². The lowest BCUT2D eigenvalue weighted by Crippen LogP contribution is -2.08. The summed E-state index contributed by atoms with van der Waals surface area (Å²) in [7, 11) is 0. The zero-order valence-electron chi connectivity index (χ0n) is 9.66. The van der Waals surface area contributed by atoms with Gasteiger partial charge in [-0.15, -0.1) is 0 Å². The normalized spacial score (nSPS) is 10.4. The number of rotatable bonds is 1. The summed E-state index contributed by atoms with van der Waals surface area (Å²) in [4.78, 5) is 18.4. The van der Waals surface area contributed by atoms with E-state index in [2.05, 4.69) is 16.9 Å². The third-order valence-corrected chi connectivity index (χ3v) is 2.84. The molecule has 16 heavy (non-hydrogen) atoms. The maximum absolute atomic E-state index is 11.3. The van der Waals surface area contributed by atoms with Crippen LogP contribution >= 0.6 is 0 Å². The van der Waals surface area contributed by atoms with Crippen LogP contribution in [0.4, 0.5) is 0 Å². The summed E-state index contributed by atoms with van der Waals surface area (Å²) in [6.45, 7) is 5.89. The molecule has 1 N–H and O–H groups in total. The fraction of sp³-hybridized carbons (Fsp3) is 0.231. The number of hydrogen-bond acceptors (Lipinski definition) is 2. The number of nitrogens with one attached hydrogen (secondary N) is 1. The Morgan fingerprint density at radius 1 is 1.19 bits per heavy atom. The van der Waals surface area contributed by atoms with Crippen molar-refractivity contribution in [3.05, 3.63) is 51.6 Å². The minimum Gasteiger partial charge on any atom is -0.328 e. The Morgan fingerprint density at radius 3 is 2.62 bits per heavy atom. The van der Waals surface area contributed by atoms with Gasteiger partial charge in [0.15, 0.2) is 0 Å². The first-order valence-corrected chi connectivity index (χ1v) is 5.21. The monoisotopic (exact) mass is 214 g/mol. The lowest BCUT2D eigenvalue weighted by molar-refractivity contribution is 1.16. The molecule has 3 heteroatoms. The summed E-state index contributed by atoms with van der Waals surface area (Å²) in [5.41, 5.74) is 4.90. The lowest BCUT2D eigenvalue weighted by Gasteiger charge is -2.07. The zero-order chi connectivity index (χ0) is 11.7. The maximum atomic E-state index is 11.3. The van der Waals surface area contributed by atoms with E-state index in [0.717, 1.165) is 16.8 Å². The van der Waals surface area contributed by atoms with Gasteiger partial charge in [-0.3, -0.25) is 9.78 Å². The second-order valence-corrected chi connectivity index (χ2v) is 4.00. The Labute approximate surface area is 94.2 Å². The Hall–Kier alpha value is -1.90. The van der Waals surface area contributed by atoms with Crippen LogP contribution in [0.1, 0.15) is 16.7 Å². The van der Waals surface area contributed by atoms with Crippen molar-refractivity contribution in [2.75, 3.05) is 0 Å². The second-order valence-electron chi connectivity index (χ2n) is 4.00. The summed E-state index contributed by atoms with van der Waals surface area (Å²) < 4.78 is 0. The number of hydrogen-bond donors (Lipinski definition) is 1. The Balaban J connectivity index is 2.63. The number of pyridine rings is 2. The van der Waals surface area contributed by atoms with Gasteiger partial charge in [-0.2, -0.15) is 0 Å². The number of aryl methyl sites for hydroxylation is 2. The minimum atomic E-state index is -0.0472. The van der Waals surface area contributed by atoms with Crippen LogP contribution in [0.25, 0.3) is 11.3 Å². The highest BCUT2D eigenvalue weighted by Gasteiger charge is 2.06. The third kappa shape index (κ3) is 1.76. The van der Waals surface area contributed by atoms with Gasteiger partial charge in [0.1, 0.15) is 0 Å². The van der Waals surface area contributed by atoms with Gasteiger partial charge in [-0.25, -0.2) is 0 Å². The molecule has 2 rings (SSSR count). The molecule has 2 aromatic rings. The predicted octanol–water partition coefficient (Wildman–Crippen LogP) is 2.36. The van der Waals surface area contributed by atoms with Crippen LogP contribution in [0.2, 0.25) is 0 Å². The van der Waals surface area contributed by atoms with E-state index in [1.807, 2.05) is 19.1 Å². The maximum Gasteiger partial charge on any atom is 0.250 e. The standard InChI is InChI=1S/C13H14N2O/c1-8-4-5-14-12(10(8)3)11-6-9(2)13(16)15-7-11/h4-7H,1-3H3,(H,15,16). The summed E-state index contributed by atoms with van der Waals surface area (Å²) >= 11 is 0. The summed E-state index contributed by atoms with van der Waals surface area (Å²) in [6.07, 6.45) is 3.50. The van der Waals surface area contributed by atoms with E-state index >= 15 is 0 Å². The smallest absolute Gasteiger partial charge is 0.250 e. The van der Waals surface area contributed by atoms with Crippen LogP contribution in [0.5, 0.6) is 0 Å². The van der Waals surface area contributed by atoms with Crippen LogP contribution in [0, 0.1) is 20.8 Å².